The number of benzene rings is 2. The fourth-order valence-electron chi connectivity index (χ4n) is 3.19. The predicted octanol–water partition coefficient (Wildman–Crippen LogP) is 3.06. The number of anilines is 1. The number of rotatable bonds is 4. The molecule has 1 saturated heterocycles. The zero-order valence-electron chi connectivity index (χ0n) is 14.9. The molecule has 4 rings (SSSR count). The number of carbonyl (C=O) groups is 1. The van der Waals surface area contributed by atoms with Crippen molar-refractivity contribution >= 4 is 17.5 Å². The second-order valence-corrected chi connectivity index (χ2v) is 6.65. The van der Waals surface area contributed by atoms with E-state index in [1.54, 1.807) is 12.2 Å². The smallest absolute Gasteiger partial charge is 0.231 e. The fourth-order valence-corrected chi connectivity index (χ4v) is 3.19. The number of ether oxygens (including phenoxy) is 2. The maximum Gasteiger partial charge on any atom is 0.231 e. The van der Waals surface area contributed by atoms with Gasteiger partial charge < -0.3 is 19.3 Å². The first-order valence-electron chi connectivity index (χ1n) is 8.85. The van der Waals surface area contributed by atoms with Gasteiger partial charge in [-0.15, -0.1) is 0 Å². The Hall–Kier alpha value is -2.79. The number of piperazine rings is 1. The zero-order chi connectivity index (χ0) is 17.9. The largest absolute Gasteiger partial charge is 0.454 e. The number of nitrogens with zero attached hydrogens (tertiary/aromatic N) is 2. The maximum absolute atomic E-state index is 12.4. The Balaban J connectivity index is 1.41. The van der Waals surface area contributed by atoms with Crippen molar-refractivity contribution in [3.8, 4) is 11.5 Å². The molecule has 2 aromatic carbocycles. The summed E-state index contributed by atoms with van der Waals surface area (Å²) >= 11 is 0. The van der Waals surface area contributed by atoms with Gasteiger partial charge in [-0.05, 0) is 55.1 Å². The van der Waals surface area contributed by atoms with Gasteiger partial charge in [0.1, 0.15) is 0 Å². The van der Waals surface area contributed by atoms with Crippen LogP contribution in [-0.2, 0) is 0 Å². The van der Waals surface area contributed by atoms with Crippen LogP contribution in [0.4, 0.5) is 5.69 Å². The van der Waals surface area contributed by atoms with Gasteiger partial charge in [0.2, 0.25) is 6.79 Å². The van der Waals surface area contributed by atoms with Gasteiger partial charge in [-0.1, -0.05) is 12.1 Å². The van der Waals surface area contributed by atoms with Gasteiger partial charge in [-0.2, -0.15) is 0 Å². The average Bonchev–Trinajstić information content (AvgIpc) is 3.15. The third-order valence-corrected chi connectivity index (χ3v) is 4.84. The summed E-state index contributed by atoms with van der Waals surface area (Å²) in [7, 11) is 2.14. The van der Waals surface area contributed by atoms with Gasteiger partial charge in [0.05, 0.1) is 0 Å². The summed E-state index contributed by atoms with van der Waals surface area (Å²) in [6, 6.07) is 13.5. The van der Waals surface area contributed by atoms with E-state index in [0.29, 0.717) is 5.56 Å². The third-order valence-electron chi connectivity index (χ3n) is 4.84. The van der Waals surface area contributed by atoms with Crippen molar-refractivity contribution in [1.82, 2.24) is 4.90 Å². The molecule has 0 unspecified atom stereocenters. The Labute approximate surface area is 153 Å². The summed E-state index contributed by atoms with van der Waals surface area (Å²) in [5.74, 6) is 1.46. The van der Waals surface area contributed by atoms with Crippen LogP contribution in [-0.4, -0.2) is 50.7 Å². The minimum atomic E-state index is -0.00686. The number of ketones is 1. The topological polar surface area (TPSA) is 42.0 Å². The van der Waals surface area contributed by atoms with E-state index in [-0.39, 0.29) is 12.6 Å². The standard InChI is InChI=1S/C21H22N2O3/c1-22-10-12-23(13-11-22)18-6-4-17(5-7-18)19(24)8-2-16-3-9-20-21(14-16)26-15-25-20/h2-9,14H,10-13,15H2,1H3/b8-2+. The van der Waals surface area contributed by atoms with E-state index in [0.717, 1.165) is 43.2 Å². The van der Waals surface area contributed by atoms with Gasteiger partial charge >= 0.3 is 0 Å². The van der Waals surface area contributed by atoms with Crippen molar-refractivity contribution in [3.05, 3.63) is 59.7 Å². The Morgan fingerprint density at radius 1 is 0.962 bits per heavy atom. The quantitative estimate of drug-likeness (QED) is 0.626. The van der Waals surface area contributed by atoms with E-state index < -0.39 is 0 Å². The highest BCUT2D eigenvalue weighted by Gasteiger charge is 2.15. The van der Waals surface area contributed by atoms with Crippen LogP contribution in [0.15, 0.2) is 48.5 Å². The van der Waals surface area contributed by atoms with E-state index in [1.165, 1.54) is 5.69 Å². The van der Waals surface area contributed by atoms with Crippen molar-refractivity contribution in [1.29, 1.82) is 0 Å². The normalized spacial score (nSPS) is 17.0. The minimum Gasteiger partial charge on any atom is -0.454 e. The maximum atomic E-state index is 12.4. The van der Waals surface area contributed by atoms with Crippen LogP contribution >= 0.6 is 0 Å². The molecule has 0 N–H and O–H groups in total. The molecule has 2 aliphatic rings. The molecule has 2 heterocycles. The Bertz CT molecular complexity index is 822. The summed E-state index contributed by atoms with van der Waals surface area (Å²) in [4.78, 5) is 17.1. The second-order valence-electron chi connectivity index (χ2n) is 6.65. The lowest BCUT2D eigenvalue weighted by molar-refractivity contribution is 0.104. The molecule has 0 radical (unpaired) electrons. The number of allylic oxidation sites excluding steroid dienone is 1. The Morgan fingerprint density at radius 2 is 1.69 bits per heavy atom. The number of fused-ring (bicyclic) bond motifs is 1. The van der Waals surface area contributed by atoms with E-state index >= 15 is 0 Å². The van der Waals surface area contributed by atoms with E-state index in [9.17, 15) is 4.79 Å². The molecule has 134 valence electrons. The van der Waals surface area contributed by atoms with Crippen LogP contribution in [0.2, 0.25) is 0 Å². The highest BCUT2D eigenvalue weighted by molar-refractivity contribution is 6.07. The van der Waals surface area contributed by atoms with Crippen molar-refractivity contribution in [2.24, 2.45) is 0 Å². The van der Waals surface area contributed by atoms with Crippen LogP contribution in [0.25, 0.3) is 6.08 Å². The lowest BCUT2D eigenvalue weighted by atomic mass is 10.1. The monoisotopic (exact) mass is 350 g/mol. The van der Waals surface area contributed by atoms with Crippen molar-refractivity contribution in [3.63, 3.8) is 0 Å². The number of hydrogen-bond acceptors (Lipinski definition) is 5. The molecule has 0 aliphatic carbocycles. The minimum absolute atomic E-state index is 0.00686. The third kappa shape index (κ3) is 3.58. The van der Waals surface area contributed by atoms with E-state index in [1.807, 2.05) is 42.5 Å². The highest BCUT2D eigenvalue weighted by atomic mass is 16.7. The summed E-state index contributed by atoms with van der Waals surface area (Å²) in [6.07, 6.45) is 3.40. The van der Waals surface area contributed by atoms with E-state index in [4.69, 9.17) is 9.47 Å². The fraction of sp³-hybridized carbons (Fsp3) is 0.286. The molecular weight excluding hydrogens is 328 g/mol. The molecule has 0 aromatic heterocycles. The predicted molar refractivity (Wildman–Crippen MR) is 102 cm³/mol. The van der Waals surface area contributed by atoms with Crippen LogP contribution in [0, 0.1) is 0 Å². The van der Waals surface area contributed by atoms with E-state index in [2.05, 4.69) is 16.8 Å². The summed E-state index contributed by atoms with van der Waals surface area (Å²) in [5.41, 5.74) is 2.78. The summed E-state index contributed by atoms with van der Waals surface area (Å²) in [6.45, 7) is 4.43. The van der Waals surface area contributed by atoms with Gasteiger partial charge in [0.25, 0.3) is 0 Å². The summed E-state index contributed by atoms with van der Waals surface area (Å²) < 4.78 is 10.7. The molecule has 0 spiro atoms. The van der Waals surface area contributed by atoms with Gasteiger partial charge in [0, 0.05) is 37.4 Å². The van der Waals surface area contributed by atoms with Crippen molar-refractivity contribution in [2.75, 3.05) is 44.9 Å². The molecular formula is C21H22N2O3. The molecule has 5 heteroatoms. The zero-order valence-corrected chi connectivity index (χ0v) is 14.9. The first-order chi connectivity index (χ1) is 12.7. The SMILES string of the molecule is CN1CCN(c2ccc(C(=O)/C=C/c3ccc4c(c3)OCO4)cc2)CC1. The van der Waals surface area contributed by atoms with Gasteiger partial charge in [-0.3, -0.25) is 4.79 Å². The summed E-state index contributed by atoms with van der Waals surface area (Å²) in [5, 5.41) is 0. The molecule has 2 aliphatic heterocycles. The van der Waals surface area contributed by atoms with Crippen molar-refractivity contribution in [2.45, 2.75) is 0 Å². The van der Waals surface area contributed by atoms with Gasteiger partial charge in [-0.25, -0.2) is 0 Å². The molecule has 1 fully saturated rings. The van der Waals surface area contributed by atoms with Crippen molar-refractivity contribution < 1.29 is 14.3 Å². The highest BCUT2D eigenvalue weighted by Crippen LogP contribution is 2.32. The van der Waals surface area contributed by atoms with Gasteiger partial charge in [0.15, 0.2) is 17.3 Å². The Kier molecular flexibility index (Phi) is 4.63. The van der Waals surface area contributed by atoms with Crippen LogP contribution in [0.5, 0.6) is 11.5 Å². The molecule has 5 nitrogen and oxygen atoms in total. The Morgan fingerprint density at radius 3 is 2.46 bits per heavy atom. The lowest BCUT2D eigenvalue weighted by Crippen LogP contribution is -2.44. The first-order valence-corrected chi connectivity index (χ1v) is 8.85. The molecule has 26 heavy (non-hydrogen) atoms. The number of carbonyl (C=O) groups excluding carboxylic acids is 1. The molecule has 2 aromatic rings. The van der Waals surface area contributed by atoms with Crippen LogP contribution in [0.3, 0.4) is 0 Å². The average molecular weight is 350 g/mol. The molecule has 0 bridgehead atoms. The number of hydrogen-bond donors (Lipinski definition) is 0. The molecule has 0 saturated carbocycles. The number of likely N-dealkylation sites (N-methyl/N-ethyl adjacent to an activating group) is 1. The molecule has 0 amide bonds. The second kappa shape index (κ2) is 7.22. The lowest BCUT2D eigenvalue weighted by Gasteiger charge is -2.34. The first kappa shape index (κ1) is 16.7. The van der Waals surface area contributed by atoms with Crippen LogP contribution < -0.4 is 14.4 Å². The molecule has 0 atom stereocenters. The van der Waals surface area contributed by atoms with Crippen LogP contribution in [0.1, 0.15) is 15.9 Å².